The van der Waals surface area contributed by atoms with E-state index in [4.69, 9.17) is 4.52 Å². The van der Waals surface area contributed by atoms with Crippen molar-refractivity contribution in [1.29, 1.82) is 0 Å². The maximum atomic E-state index is 13.9. The van der Waals surface area contributed by atoms with Gasteiger partial charge >= 0.3 is 0 Å². The number of aryl methyl sites for hydroxylation is 1. The first kappa shape index (κ1) is 14.4. The van der Waals surface area contributed by atoms with Crippen LogP contribution in [0.4, 0.5) is 8.78 Å². The van der Waals surface area contributed by atoms with Gasteiger partial charge in [-0.1, -0.05) is 35.0 Å². The van der Waals surface area contributed by atoms with Crippen molar-refractivity contribution in [2.24, 2.45) is 0 Å². The lowest BCUT2D eigenvalue weighted by molar-refractivity contribution is 0.281. The predicted octanol–water partition coefficient (Wildman–Crippen LogP) is 4.09. The maximum Gasteiger partial charge on any atom is 0.173 e. The van der Waals surface area contributed by atoms with Gasteiger partial charge in [0, 0.05) is 17.2 Å². The molecule has 2 aromatic carbocycles. The van der Waals surface area contributed by atoms with Crippen molar-refractivity contribution in [3.05, 3.63) is 65.2 Å². The Hall–Kier alpha value is -2.53. The molecule has 3 rings (SSSR count). The fraction of sp³-hybridized carbons (Fsp3) is 0.118. The van der Waals surface area contributed by atoms with Gasteiger partial charge in [0.2, 0.25) is 0 Å². The molecule has 0 amide bonds. The molecule has 0 bridgehead atoms. The van der Waals surface area contributed by atoms with Gasteiger partial charge in [-0.3, -0.25) is 0 Å². The number of benzene rings is 2. The van der Waals surface area contributed by atoms with Gasteiger partial charge in [0.25, 0.3) is 0 Å². The van der Waals surface area contributed by atoms with Crippen molar-refractivity contribution in [2.45, 2.75) is 13.5 Å². The fourth-order valence-electron chi connectivity index (χ4n) is 2.28. The third kappa shape index (κ3) is 2.51. The van der Waals surface area contributed by atoms with E-state index in [-0.39, 0.29) is 17.9 Å². The summed E-state index contributed by atoms with van der Waals surface area (Å²) in [7, 11) is 0. The van der Waals surface area contributed by atoms with Gasteiger partial charge in [0.15, 0.2) is 5.76 Å². The molecule has 0 radical (unpaired) electrons. The highest BCUT2D eigenvalue weighted by molar-refractivity contribution is 5.72. The van der Waals surface area contributed by atoms with E-state index in [1.807, 2.05) is 31.2 Å². The Morgan fingerprint density at radius 2 is 1.82 bits per heavy atom. The summed E-state index contributed by atoms with van der Waals surface area (Å²) in [5.74, 6) is -1.05. The minimum absolute atomic E-state index is 0.0903. The summed E-state index contributed by atoms with van der Waals surface area (Å²) in [5.41, 5.74) is 2.45. The zero-order chi connectivity index (χ0) is 15.7. The molecule has 0 saturated heterocycles. The number of halogens is 2. The molecule has 0 aliphatic rings. The minimum Gasteiger partial charge on any atom is -0.391 e. The molecule has 3 nitrogen and oxygen atoms in total. The summed E-state index contributed by atoms with van der Waals surface area (Å²) < 4.78 is 32.2. The lowest BCUT2D eigenvalue weighted by atomic mass is 10.0. The number of hydrogen-bond acceptors (Lipinski definition) is 3. The van der Waals surface area contributed by atoms with Gasteiger partial charge in [-0.2, -0.15) is 0 Å². The first-order valence-electron chi connectivity index (χ1n) is 6.72. The number of rotatable bonds is 3. The summed E-state index contributed by atoms with van der Waals surface area (Å²) >= 11 is 0. The van der Waals surface area contributed by atoms with Crippen LogP contribution in [0.25, 0.3) is 22.6 Å². The second kappa shape index (κ2) is 5.69. The molecular formula is C17H13F2NO2. The average molecular weight is 301 g/mol. The quantitative estimate of drug-likeness (QED) is 0.792. The number of aliphatic hydroxyl groups excluding tert-OH is 1. The van der Waals surface area contributed by atoms with Crippen molar-refractivity contribution in [2.75, 3.05) is 0 Å². The van der Waals surface area contributed by atoms with Gasteiger partial charge in [-0.15, -0.1) is 0 Å². The Morgan fingerprint density at radius 3 is 2.45 bits per heavy atom. The van der Waals surface area contributed by atoms with Crippen molar-refractivity contribution < 1.29 is 18.4 Å². The molecular weight excluding hydrogens is 288 g/mol. The highest BCUT2D eigenvalue weighted by Gasteiger charge is 2.20. The van der Waals surface area contributed by atoms with Gasteiger partial charge in [-0.05, 0) is 19.1 Å². The van der Waals surface area contributed by atoms with Crippen LogP contribution in [-0.4, -0.2) is 10.3 Å². The third-order valence-corrected chi connectivity index (χ3v) is 3.45. The molecule has 1 heterocycles. The molecule has 5 heteroatoms. The zero-order valence-electron chi connectivity index (χ0n) is 11.8. The molecule has 1 aromatic heterocycles. The molecule has 0 aliphatic heterocycles. The Balaban J connectivity index is 2.13. The van der Waals surface area contributed by atoms with E-state index < -0.39 is 11.6 Å². The largest absolute Gasteiger partial charge is 0.391 e. The summed E-state index contributed by atoms with van der Waals surface area (Å²) in [6.07, 6.45) is 0. The van der Waals surface area contributed by atoms with Gasteiger partial charge < -0.3 is 9.63 Å². The second-order valence-corrected chi connectivity index (χ2v) is 4.99. The smallest absolute Gasteiger partial charge is 0.173 e. The van der Waals surface area contributed by atoms with Gasteiger partial charge in [0.05, 0.1) is 12.2 Å². The molecule has 112 valence electrons. The highest BCUT2D eigenvalue weighted by atomic mass is 19.1. The van der Waals surface area contributed by atoms with Crippen molar-refractivity contribution in [3.63, 3.8) is 0 Å². The predicted molar refractivity (Wildman–Crippen MR) is 78.0 cm³/mol. The fourth-order valence-corrected chi connectivity index (χ4v) is 2.28. The summed E-state index contributed by atoms with van der Waals surface area (Å²) in [4.78, 5) is 0. The van der Waals surface area contributed by atoms with Crippen LogP contribution in [0.5, 0.6) is 0 Å². The number of aromatic nitrogens is 1. The Labute approximate surface area is 125 Å². The zero-order valence-corrected chi connectivity index (χ0v) is 11.8. The van der Waals surface area contributed by atoms with Crippen molar-refractivity contribution in [3.8, 4) is 22.6 Å². The van der Waals surface area contributed by atoms with E-state index >= 15 is 0 Å². The van der Waals surface area contributed by atoms with Crippen LogP contribution in [0.3, 0.4) is 0 Å². The molecule has 22 heavy (non-hydrogen) atoms. The topological polar surface area (TPSA) is 46.3 Å². The Morgan fingerprint density at radius 1 is 1.09 bits per heavy atom. The van der Waals surface area contributed by atoms with Crippen LogP contribution in [0, 0.1) is 18.6 Å². The lowest BCUT2D eigenvalue weighted by Crippen LogP contribution is -1.92. The van der Waals surface area contributed by atoms with Gasteiger partial charge in [-0.25, -0.2) is 8.78 Å². The van der Waals surface area contributed by atoms with Crippen LogP contribution in [-0.2, 0) is 6.61 Å². The van der Waals surface area contributed by atoms with Crippen LogP contribution in [0.2, 0.25) is 0 Å². The second-order valence-electron chi connectivity index (χ2n) is 4.99. The van der Waals surface area contributed by atoms with E-state index in [0.717, 1.165) is 23.3 Å². The molecule has 0 saturated carbocycles. The first-order valence-corrected chi connectivity index (χ1v) is 6.72. The molecule has 0 spiro atoms. The molecule has 0 atom stereocenters. The number of nitrogens with zero attached hydrogens (tertiary/aromatic N) is 1. The summed E-state index contributed by atoms with van der Waals surface area (Å²) in [6, 6.07) is 10.7. The molecule has 0 unspecified atom stereocenters. The standard InChI is InChI=1S/C17H13F2NO2/c1-10-2-4-11(5-3-10)17-14(9-21)16(20-22-17)13-7-6-12(18)8-15(13)19/h2-8,21H,9H2,1H3. The van der Waals surface area contributed by atoms with Crippen LogP contribution in [0.15, 0.2) is 47.0 Å². The van der Waals surface area contributed by atoms with Crippen LogP contribution >= 0.6 is 0 Å². The van der Waals surface area contributed by atoms with Crippen molar-refractivity contribution in [1.82, 2.24) is 5.16 Å². The van der Waals surface area contributed by atoms with E-state index in [2.05, 4.69) is 5.16 Å². The summed E-state index contributed by atoms with van der Waals surface area (Å²) in [5, 5.41) is 13.5. The van der Waals surface area contributed by atoms with E-state index in [0.29, 0.717) is 11.3 Å². The average Bonchev–Trinajstić information content (AvgIpc) is 2.91. The normalized spacial score (nSPS) is 10.9. The Kier molecular flexibility index (Phi) is 3.73. The first-order chi connectivity index (χ1) is 10.6. The number of aliphatic hydroxyl groups is 1. The third-order valence-electron chi connectivity index (χ3n) is 3.45. The SMILES string of the molecule is Cc1ccc(-c2onc(-c3ccc(F)cc3F)c2CO)cc1. The molecule has 1 N–H and O–H groups in total. The minimum atomic E-state index is -0.751. The number of hydrogen-bond donors (Lipinski definition) is 1. The van der Waals surface area contributed by atoms with E-state index in [1.165, 1.54) is 6.07 Å². The van der Waals surface area contributed by atoms with E-state index in [9.17, 15) is 13.9 Å². The highest BCUT2D eigenvalue weighted by Crippen LogP contribution is 2.33. The molecule has 3 aromatic rings. The van der Waals surface area contributed by atoms with Crippen molar-refractivity contribution >= 4 is 0 Å². The van der Waals surface area contributed by atoms with Crippen LogP contribution in [0.1, 0.15) is 11.1 Å². The molecule has 0 aliphatic carbocycles. The molecule has 0 fully saturated rings. The lowest BCUT2D eigenvalue weighted by Gasteiger charge is -2.03. The monoisotopic (exact) mass is 301 g/mol. The van der Waals surface area contributed by atoms with Gasteiger partial charge in [0.1, 0.15) is 17.3 Å². The van der Waals surface area contributed by atoms with Crippen LogP contribution < -0.4 is 0 Å². The van der Waals surface area contributed by atoms with E-state index in [1.54, 1.807) is 0 Å². The maximum absolute atomic E-state index is 13.9. The Bertz CT molecular complexity index is 810. The summed E-state index contributed by atoms with van der Waals surface area (Å²) in [6.45, 7) is 1.59.